The Kier molecular flexibility index (Phi) is 5.34. The molecule has 1 amide bonds. The van der Waals surface area contributed by atoms with E-state index in [4.69, 9.17) is 0 Å². The molecule has 2 fully saturated rings. The van der Waals surface area contributed by atoms with Gasteiger partial charge < -0.3 is 15.2 Å². The molecule has 1 saturated carbocycles. The lowest BCUT2D eigenvalue weighted by atomic mass is 9.81. The number of hydrogen-bond acceptors (Lipinski definition) is 7. The van der Waals surface area contributed by atoms with Gasteiger partial charge >= 0.3 is 0 Å². The van der Waals surface area contributed by atoms with Gasteiger partial charge in [-0.2, -0.15) is 5.10 Å². The molecule has 0 radical (unpaired) electrons. The van der Waals surface area contributed by atoms with Gasteiger partial charge in [0.05, 0.1) is 23.1 Å². The van der Waals surface area contributed by atoms with E-state index in [1.165, 1.54) is 0 Å². The van der Waals surface area contributed by atoms with Gasteiger partial charge in [0.25, 0.3) is 11.5 Å². The van der Waals surface area contributed by atoms with Crippen molar-refractivity contribution in [1.82, 2.24) is 30.4 Å². The fourth-order valence-electron chi connectivity index (χ4n) is 4.79. The van der Waals surface area contributed by atoms with Gasteiger partial charge in [0, 0.05) is 44.3 Å². The zero-order chi connectivity index (χ0) is 22.2. The minimum absolute atomic E-state index is 0.0531. The Morgan fingerprint density at radius 3 is 2.72 bits per heavy atom. The first kappa shape index (κ1) is 20.6. The number of carbonyl (C=O) groups excluding carboxylic acids is 1. The standard InChI is InChI=1S/C23H27N7O2/c1-3-14-10-19-18(26-22(14)31)11-15(27-28-19)13-29-8-9-30(21-7-6-20(21)29)16-4-5-17(25-12-16)23(32)24-2/h4-5,10-12,20-21H,3,6-9,13H2,1-2H3,(H,24,32)(H,26,31)/t20-,21+/m1/s1. The van der Waals surface area contributed by atoms with Crippen molar-refractivity contribution in [2.75, 3.05) is 25.0 Å². The number of rotatable bonds is 5. The van der Waals surface area contributed by atoms with Crippen molar-refractivity contribution in [1.29, 1.82) is 0 Å². The fourth-order valence-corrected chi connectivity index (χ4v) is 4.79. The van der Waals surface area contributed by atoms with E-state index in [1.807, 2.05) is 25.1 Å². The molecule has 0 bridgehead atoms. The Bertz CT molecular complexity index is 1210. The van der Waals surface area contributed by atoms with Crippen molar-refractivity contribution in [3.8, 4) is 0 Å². The van der Waals surface area contributed by atoms with E-state index in [1.54, 1.807) is 19.3 Å². The maximum Gasteiger partial charge on any atom is 0.269 e. The normalized spacial score (nSPS) is 20.6. The summed E-state index contributed by atoms with van der Waals surface area (Å²) < 4.78 is 0. The summed E-state index contributed by atoms with van der Waals surface area (Å²) in [7, 11) is 1.61. The number of hydrogen-bond donors (Lipinski definition) is 2. The van der Waals surface area contributed by atoms with Crippen LogP contribution in [-0.4, -0.2) is 63.2 Å². The fraction of sp³-hybridized carbons (Fsp3) is 0.435. The summed E-state index contributed by atoms with van der Waals surface area (Å²) >= 11 is 0. The Labute approximate surface area is 185 Å². The monoisotopic (exact) mass is 433 g/mol. The average Bonchev–Trinajstić information content (AvgIpc) is 2.79. The lowest BCUT2D eigenvalue weighted by Gasteiger charge is -2.54. The first-order chi connectivity index (χ1) is 15.6. The molecule has 2 atom stereocenters. The average molecular weight is 434 g/mol. The quantitative estimate of drug-likeness (QED) is 0.628. The second kappa shape index (κ2) is 8.31. The van der Waals surface area contributed by atoms with E-state index in [2.05, 4.69) is 35.3 Å². The second-order valence-electron chi connectivity index (χ2n) is 8.47. The molecule has 1 saturated heterocycles. The topological polar surface area (TPSA) is 107 Å². The van der Waals surface area contributed by atoms with Gasteiger partial charge in [-0.1, -0.05) is 6.92 Å². The Hall–Kier alpha value is -3.33. The van der Waals surface area contributed by atoms with Gasteiger partial charge in [-0.3, -0.25) is 14.5 Å². The van der Waals surface area contributed by atoms with Crippen molar-refractivity contribution in [3.05, 3.63) is 57.8 Å². The highest BCUT2D eigenvalue weighted by atomic mass is 16.1. The largest absolute Gasteiger partial charge is 0.364 e. The highest BCUT2D eigenvalue weighted by molar-refractivity contribution is 5.92. The molecule has 9 heteroatoms. The smallest absolute Gasteiger partial charge is 0.269 e. The molecule has 2 aliphatic rings. The summed E-state index contributed by atoms with van der Waals surface area (Å²) in [5, 5.41) is 11.4. The maximum atomic E-state index is 12.2. The molecule has 1 aliphatic heterocycles. The molecule has 0 spiro atoms. The molecule has 9 nitrogen and oxygen atoms in total. The van der Waals surface area contributed by atoms with Crippen LogP contribution in [0.5, 0.6) is 0 Å². The predicted octanol–water partition coefficient (Wildman–Crippen LogP) is 1.49. The molecule has 3 aromatic rings. The Morgan fingerprint density at radius 2 is 2.03 bits per heavy atom. The highest BCUT2D eigenvalue weighted by Gasteiger charge is 2.43. The summed E-state index contributed by atoms with van der Waals surface area (Å²) in [6.07, 6.45) is 4.74. The lowest BCUT2D eigenvalue weighted by molar-refractivity contribution is 0.0647. The Balaban J connectivity index is 1.30. The van der Waals surface area contributed by atoms with Crippen molar-refractivity contribution >= 4 is 22.6 Å². The van der Waals surface area contributed by atoms with Crippen LogP contribution in [-0.2, 0) is 13.0 Å². The summed E-state index contributed by atoms with van der Waals surface area (Å²) in [5.41, 5.74) is 4.50. The van der Waals surface area contributed by atoms with E-state index >= 15 is 0 Å². The minimum atomic E-state index is -0.174. The Morgan fingerprint density at radius 1 is 1.19 bits per heavy atom. The number of H-pyrrole nitrogens is 1. The molecule has 1 aliphatic carbocycles. The van der Waals surface area contributed by atoms with Crippen molar-refractivity contribution < 1.29 is 4.79 Å². The van der Waals surface area contributed by atoms with Gasteiger partial charge in [-0.25, -0.2) is 4.98 Å². The number of nitrogens with zero attached hydrogens (tertiary/aromatic N) is 5. The van der Waals surface area contributed by atoms with Gasteiger partial charge in [-0.15, -0.1) is 5.10 Å². The van der Waals surface area contributed by atoms with Gasteiger partial charge in [-0.05, 0) is 43.5 Å². The van der Waals surface area contributed by atoms with E-state index in [0.29, 0.717) is 30.7 Å². The first-order valence-electron chi connectivity index (χ1n) is 11.1. The van der Waals surface area contributed by atoms with Gasteiger partial charge in [0.15, 0.2) is 0 Å². The van der Waals surface area contributed by atoms with Crippen LogP contribution in [0.25, 0.3) is 11.0 Å². The maximum absolute atomic E-state index is 12.2. The lowest BCUT2D eigenvalue weighted by Crippen LogP contribution is -2.64. The van der Waals surface area contributed by atoms with Crippen LogP contribution >= 0.6 is 0 Å². The molecule has 3 aromatic heterocycles. The van der Waals surface area contributed by atoms with Crippen LogP contribution in [0.15, 0.2) is 35.3 Å². The third kappa shape index (κ3) is 3.62. The number of pyridine rings is 2. The molecule has 2 N–H and O–H groups in total. The van der Waals surface area contributed by atoms with Crippen molar-refractivity contribution in [2.24, 2.45) is 0 Å². The van der Waals surface area contributed by atoms with E-state index in [9.17, 15) is 9.59 Å². The molecule has 32 heavy (non-hydrogen) atoms. The number of carbonyl (C=O) groups is 1. The zero-order valence-corrected chi connectivity index (χ0v) is 18.3. The third-order valence-electron chi connectivity index (χ3n) is 6.71. The van der Waals surface area contributed by atoms with Crippen LogP contribution in [0.4, 0.5) is 5.69 Å². The highest BCUT2D eigenvalue weighted by Crippen LogP contribution is 2.37. The SMILES string of the molecule is CCc1cc2nnc(CN3CCN(c4ccc(C(=O)NC)nc4)[C@H]4CC[C@H]43)cc2[nH]c1=O. The number of nitrogens with one attached hydrogen (secondary N) is 2. The van der Waals surface area contributed by atoms with Crippen molar-refractivity contribution in [3.63, 3.8) is 0 Å². The number of piperazine rings is 1. The molecular formula is C23H27N7O2. The van der Waals surface area contributed by atoms with Gasteiger partial charge in [0.2, 0.25) is 0 Å². The van der Waals surface area contributed by atoms with Crippen molar-refractivity contribution in [2.45, 2.75) is 44.8 Å². The molecule has 166 valence electrons. The number of aromatic amines is 1. The van der Waals surface area contributed by atoms with Crippen LogP contribution in [0.3, 0.4) is 0 Å². The molecule has 0 aromatic carbocycles. The number of aryl methyl sites for hydroxylation is 1. The van der Waals surface area contributed by atoms with Crippen LogP contribution in [0.2, 0.25) is 0 Å². The summed E-state index contributed by atoms with van der Waals surface area (Å²) in [6, 6.07) is 8.42. The third-order valence-corrected chi connectivity index (χ3v) is 6.71. The number of aromatic nitrogens is 4. The second-order valence-corrected chi connectivity index (χ2v) is 8.47. The first-order valence-corrected chi connectivity index (χ1v) is 11.1. The van der Waals surface area contributed by atoms with E-state index < -0.39 is 0 Å². The van der Waals surface area contributed by atoms with E-state index in [-0.39, 0.29) is 11.5 Å². The zero-order valence-electron chi connectivity index (χ0n) is 18.3. The van der Waals surface area contributed by atoms with E-state index in [0.717, 1.165) is 53.9 Å². The molecular weight excluding hydrogens is 406 g/mol. The number of fused-ring (bicyclic) bond motifs is 2. The summed E-state index contributed by atoms with van der Waals surface area (Å²) in [6.45, 7) is 4.46. The van der Waals surface area contributed by atoms with Crippen LogP contribution in [0.1, 0.15) is 41.5 Å². The minimum Gasteiger partial charge on any atom is -0.364 e. The summed E-state index contributed by atoms with van der Waals surface area (Å²) in [5.74, 6) is -0.174. The van der Waals surface area contributed by atoms with Crippen LogP contribution in [0, 0.1) is 0 Å². The number of amides is 1. The number of anilines is 1. The van der Waals surface area contributed by atoms with Crippen LogP contribution < -0.4 is 15.8 Å². The summed E-state index contributed by atoms with van der Waals surface area (Å²) in [4.78, 5) is 36.1. The molecule has 0 unspecified atom stereocenters. The predicted molar refractivity (Wildman–Crippen MR) is 122 cm³/mol. The van der Waals surface area contributed by atoms with Gasteiger partial charge in [0.1, 0.15) is 11.2 Å². The molecule has 5 rings (SSSR count). The molecule has 4 heterocycles.